The fourth-order valence-corrected chi connectivity index (χ4v) is 2.84. The number of nitrogens with zero attached hydrogens (tertiary/aromatic N) is 1. The molecule has 0 atom stereocenters. The normalized spacial score (nSPS) is 13.5. The Bertz CT molecular complexity index is 763. The summed E-state index contributed by atoms with van der Waals surface area (Å²) in [5.41, 5.74) is 1.86. The van der Waals surface area contributed by atoms with E-state index >= 15 is 0 Å². The molecule has 27 heavy (non-hydrogen) atoms. The maximum absolute atomic E-state index is 12.0. The van der Waals surface area contributed by atoms with E-state index in [-0.39, 0.29) is 11.5 Å². The molecule has 0 fully saturated rings. The second-order valence-electron chi connectivity index (χ2n) is 6.52. The Morgan fingerprint density at radius 1 is 1.22 bits per heavy atom. The molecule has 0 saturated heterocycles. The molecule has 1 aliphatic rings. The lowest BCUT2D eigenvalue weighted by Crippen LogP contribution is -2.41. The number of urea groups is 1. The number of allylic oxidation sites excluding steroid dienone is 1. The second kappa shape index (κ2) is 9.70. The van der Waals surface area contributed by atoms with Crippen molar-refractivity contribution in [2.45, 2.75) is 39.0 Å². The summed E-state index contributed by atoms with van der Waals surface area (Å²) in [6.45, 7) is 1.25. The number of ketones is 1. The van der Waals surface area contributed by atoms with E-state index in [2.05, 4.69) is 16.7 Å². The molecular formula is C19H25N3O5. The average Bonchev–Trinajstić information content (AvgIpc) is 3.03. The highest BCUT2D eigenvalue weighted by Crippen LogP contribution is 2.19. The van der Waals surface area contributed by atoms with Crippen LogP contribution in [0.3, 0.4) is 0 Å². The Morgan fingerprint density at radius 2 is 2.00 bits per heavy atom. The Labute approximate surface area is 157 Å². The van der Waals surface area contributed by atoms with Crippen molar-refractivity contribution in [3.05, 3.63) is 35.2 Å². The highest BCUT2D eigenvalue weighted by molar-refractivity contribution is 5.99. The zero-order valence-corrected chi connectivity index (χ0v) is 15.7. The summed E-state index contributed by atoms with van der Waals surface area (Å²) in [7, 11) is 1.60. The number of amides is 3. The predicted molar refractivity (Wildman–Crippen MR) is 98.4 cm³/mol. The molecule has 0 bridgehead atoms. The molecule has 1 aromatic heterocycles. The van der Waals surface area contributed by atoms with Crippen molar-refractivity contribution in [1.29, 1.82) is 0 Å². The van der Waals surface area contributed by atoms with Gasteiger partial charge in [0.15, 0.2) is 12.4 Å². The van der Waals surface area contributed by atoms with Gasteiger partial charge < -0.3 is 14.6 Å². The summed E-state index contributed by atoms with van der Waals surface area (Å²) < 4.78 is 6.34. The summed E-state index contributed by atoms with van der Waals surface area (Å²) in [5, 5.41) is 4.73. The first-order chi connectivity index (χ1) is 12.9. The molecule has 0 saturated carbocycles. The number of esters is 1. The van der Waals surface area contributed by atoms with E-state index in [1.807, 2.05) is 0 Å². The summed E-state index contributed by atoms with van der Waals surface area (Å²) in [6.07, 6.45) is 9.01. The summed E-state index contributed by atoms with van der Waals surface area (Å²) in [5.74, 6) is -1.65. The highest BCUT2D eigenvalue weighted by Gasteiger charge is 2.17. The van der Waals surface area contributed by atoms with Crippen molar-refractivity contribution in [3.8, 4) is 0 Å². The Morgan fingerprint density at radius 3 is 2.63 bits per heavy atom. The van der Waals surface area contributed by atoms with E-state index in [4.69, 9.17) is 4.74 Å². The molecule has 1 aromatic rings. The smallest absolute Gasteiger partial charge is 0.355 e. The van der Waals surface area contributed by atoms with Gasteiger partial charge >= 0.3 is 12.0 Å². The second-order valence-corrected chi connectivity index (χ2v) is 6.52. The van der Waals surface area contributed by atoms with Gasteiger partial charge in [0.1, 0.15) is 5.69 Å². The SMILES string of the molecule is CC(=O)c1cc(C(=O)OCC(=O)NC(=O)NCCC2=CCCCC2)n(C)c1. The first-order valence-electron chi connectivity index (χ1n) is 8.97. The fourth-order valence-electron chi connectivity index (χ4n) is 2.84. The number of hydrogen-bond acceptors (Lipinski definition) is 5. The maximum atomic E-state index is 12.0. The topological polar surface area (TPSA) is 106 Å². The lowest BCUT2D eigenvalue weighted by Gasteiger charge is -2.13. The molecule has 0 unspecified atom stereocenters. The molecule has 8 nitrogen and oxygen atoms in total. The van der Waals surface area contributed by atoms with Gasteiger partial charge in [0.2, 0.25) is 0 Å². The van der Waals surface area contributed by atoms with Gasteiger partial charge in [0, 0.05) is 25.4 Å². The predicted octanol–water partition coefficient (Wildman–Crippen LogP) is 2.10. The van der Waals surface area contributed by atoms with Crippen molar-refractivity contribution in [3.63, 3.8) is 0 Å². The van der Waals surface area contributed by atoms with Gasteiger partial charge in [0.25, 0.3) is 5.91 Å². The summed E-state index contributed by atoms with van der Waals surface area (Å²) in [6, 6.07) is 0.778. The molecule has 1 aliphatic carbocycles. The third-order valence-corrected chi connectivity index (χ3v) is 4.32. The number of carbonyl (C=O) groups excluding carboxylic acids is 4. The van der Waals surface area contributed by atoms with Gasteiger partial charge in [-0.05, 0) is 45.1 Å². The number of hydrogen-bond donors (Lipinski definition) is 2. The third kappa shape index (κ3) is 6.40. The number of rotatable bonds is 7. The first kappa shape index (κ1) is 20.4. The van der Waals surface area contributed by atoms with Gasteiger partial charge in [0.05, 0.1) is 0 Å². The van der Waals surface area contributed by atoms with Gasteiger partial charge in [-0.2, -0.15) is 0 Å². The molecule has 0 spiro atoms. The monoisotopic (exact) mass is 375 g/mol. The Kier molecular flexibility index (Phi) is 7.34. The molecule has 8 heteroatoms. The van der Waals surface area contributed by atoms with Crippen molar-refractivity contribution < 1.29 is 23.9 Å². The van der Waals surface area contributed by atoms with Crippen molar-refractivity contribution in [1.82, 2.24) is 15.2 Å². The molecule has 0 aromatic carbocycles. The number of nitrogens with one attached hydrogen (secondary N) is 2. The Balaban J connectivity index is 1.70. The van der Waals surface area contributed by atoms with Crippen LogP contribution in [0, 0.1) is 0 Å². The Hall–Kier alpha value is -2.90. The van der Waals surface area contributed by atoms with Crippen LogP contribution in [0.5, 0.6) is 0 Å². The lowest BCUT2D eigenvalue weighted by atomic mass is 9.97. The number of carbonyl (C=O) groups is 4. The number of Topliss-reactive ketones (excluding diaryl/α,β-unsaturated/α-hetero) is 1. The van der Waals surface area contributed by atoms with Gasteiger partial charge in [-0.25, -0.2) is 9.59 Å². The van der Waals surface area contributed by atoms with Gasteiger partial charge in [-0.1, -0.05) is 11.6 Å². The van der Waals surface area contributed by atoms with E-state index in [1.54, 1.807) is 7.05 Å². The average molecular weight is 375 g/mol. The standard InChI is InChI=1S/C19H25N3O5/c1-13(23)15-10-16(22(2)11-15)18(25)27-12-17(24)21-19(26)20-9-8-14-6-4-3-5-7-14/h6,10-11H,3-5,7-9,12H2,1-2H3,(H2,20,21,24,26). The molecular weight excluding hydrogens is 350 g/mol. The summed E-state index contributed by atoms with van der Waals surface area (Å²) in [4.78, 5) is 46.8. The molecule has 2 rings (SSSR count). The van der Waals surface area contributed by atoms with Crippen molar-refractivity contribution in [2.24, 2.45) is 7.05 Å². The zero-order valence-electron chi connectivity index (χ0n) is 15.7. The van der Waals surface area contributed by atoms with Crippen LogP contribution >= 0.6 is 0 Å². The number of imide groups is 1. The molecule has 146 valence electrons. The molecule has 1 heterocycles. The van der Waals surface area contributed by atoms with Gasteiger partial charge in [-0.3, -0.25) is 14.9 Å². The van der Waals surface area contributed by atoms with E-state index in [1.165, 1.54) is 42.2 Å². The van der Waals surface area contributed by atoms with Crippen LogP contribution < -0.4 is 10.6 Å². The number of aromatic nitrogens is 1. The fraction of sp³-hybridized carbons (Fsp3) is 0.474. The van der Waals surface area contributed by atoms with E-state index in [0.29, 0.717) is 12.1 Å². The zero-order chi connectivity index (χ0) is 19.8. The lowest BCUT2D eigenvalue weighted by molar-refractivity contribution is -0.123. The van der Waals surface area contributed by atoms with Crippen LogP contribution in [0.1, 0.15) is 59.9 Å². The third-order valence-electron chi connectivity index (χ3n) is 4.32. The van der Waals surface area contributed by atoms with Crippen molar-refractivity contribution >= 4 is 23.7 Å². The van der Waals surface area contributed by atoms with E-state index in [9.17, 15) is 19.2 Å². The minimum Gasteiger partial charge on any atom is -0.451 e. The summed E-state index contributed by atoms with van der Waals surface area (Å²) >= 11 is 0. The van der Waals surface area contributed by atoms with Crippen LogP contribution in [0.25, 0.3) is 0 Å². The first-order valence-corrected chi connectivity index (χ1v) is 8.97. The van der Waals surface area contributed by atoms with Crippen LogP contribution in [0.2, 0.25) is 0 Å². The van der Waals surface area contributed by atoms with Crippen molar-refractivity contribution in [2.75, 3.05) is 13.2 Å². The van der Waals surface area contributed by atoms with Gasteiger partial charge in [-0.15, -0.1) is 0 Å². The van der Waals surface area contributed by atoms with Crippen LogP contribution in [-0.2, 0) is 16.6 Å². The number of aryl methyl sites for hydroxylation is 1. The minimum absolute atomic E-state index is 0.151. The number of ether oxygens (including phenoxy) is 1. The van der Waals surface area contributed by atoms with E-state index in [0.717, 1.165) is 19.3 Å². The quantitative estimate of drug-likeness (QED) is 0.431. The molecule has 3 amide bonds. The molecule has 0 aliphatic heterocycles. The molecule has 2 N–H and O–H groups in total. The minimum atomic E-state index is -0.746. The maximum Gasteiger partial charge on any atom is 0.355 e. The van der Waals surface area contributed by atoms with Crippen LogP contribution in [-0.4, -0.2) is 41.4 Å². The van der Waals surface area contributed by atoms with Crippen LogP contribution in [0.4, 0.5) is 4.79 Å². The molecule has 0 radical (unpaired) electrons. The van der Waals surface area contributed by atoms with Crippen LogP contribution in [0.15, 0.2) is 23.9 Å². The van der Waals surface area contributed by atoms with E-state index < -0.39 is 24.5 Å². The highest BCUT2D eigenvalue weighted by atomic mass is 16.5. The largest absolute Gasteiger partial charge is 0.451 e.